The molecule has 0 saturated heterocycles. The first-order chi connectivity index (χ1) is 20.0. The molecule has 14 heteroatoms. The fourth-order valence-electron chi connectivity index (χ4n) is 4.24. The summed E-state index contributed by atoms with van der Waals surface area (Å²) >= 11 is 7.16. The minimum atomic E-state index is -3.91. The van der Waals surface area contributed by atoms with Crippen molar-refractivity contribution < 1.29 is 22.7 Å². The van der Waals surface area contributed by atoms with Crippen LogP contribution in [0.1, 0.15) is 15.5 Å². The molecular formula is C28H22ClN5O6S2. The lowest BCUT2D eigenvalue weighted by Crippen LogP contribution is -2.28. The quantitative estimate of drug-likeness (QED) is 0.238. The van der Waals surface area contributed by atoms with E-state index in [1.54, 1.807) is 55.5 Å². The second kappa shape index (κ2) is 11.7. The van der Waals surface area contributed by atoms with E-state index in [2.05, 4.69) is 20.2 Å². The second-order valence-corrected chi connectivity index (χ2v) is 12.3. The molecule has 1 amide bonds. The molecule has 0 saturated carbocycles. The Kier molecular flexibility index (Phi) is 8.07. The van der Waals surface area contributed by atoms with Gasteiger partial charge in [-0.3, -0.25) is 14.3 Å². The normalized spacial score (nSPS) is 11.3. The van der Waals surface area contributed by atoms with Crippen molar-refractivity contribution in [1.29, 1.82) is 0 Å². The number of rotatable bonds is 8. The number of hydrogen-bond donors (Lipinski definition) is 2. The third-order valence-electron chi connectivity index (χ3n) is 6.16. The smallest absolute Gasteiger partial charge is 0.356 e. The van der Waals surface area contributed by atoms with Crippen LogP contribution >= 0.6 is 22.9 Å². The summed E-state index contributed by atoms with van der Waals surface area (Å²) in [5.41, 5.74) is 0.950. The summed E-state index contributed by atoms with van der Waals surface area (Å²) in [4.78, 5) is 39.0. The average molecular weight is 624 g/mol. The topological polar surface area (TPSA) is 149 Å². The maximum absolute atomic E-state index is 13.3. The van der Waals surface area contributed by atoms with E-state index in [1.807, 2.05) is 0 Å². The second-order valence-electron chi connectivity index (χ2n) is 9.02. The zero-order valence-corrected chi connectivity index (χ0v) is 24.5. The number of aromatic nitrogens is 3. The summed E-state index contributed by atoms with van der Waals surface area (Å²) < 4.78 is 34.0. The maximum Gasteiger partial charge on any atom is 0.356 e. The molecule has 0 fully saturated rings. The zero-order chi connectivity index (χ0) is 30.0. The minimum Gasteiger partial charge on any atom is -0.451 e. The molecule has 5 aromatic rings. The highest BCUT2D eigenvalue weighted by Crippen LogP contribution is 2.32. The molecule has 11 nitrogen and oxygen atoms in total. The van der Waals surface area contributed by atoms with E-state index in [0.717, 1.165) is 11.3 Å². The number of esters is 1. The number of ether oxygens (including phenoxy) is 1. The molecule has 3 aromatic carbocycles. The van der Waals surface area contributed by atoms with Gasteiger partial charge in [-0.15, -0.1) is 10.2 Å². The van der Waals surface area contributed by atoms with Gasteiger partial charge in [0.15, 0.2) is 6.61 Å². The highest BCUT2D eigenvalue weighted by molar-refractivity contribution is 7.93. The molecule has 0 unspecified atom stereocenters. The molecule has 0 aliphatic heterocycles. The summed E-state index contributed by atoms with van der Waals surface area (Å²) in [5, 5.41) is 12.3. The van der Waals surface area contributed by atoms with Crippen LogP contribution in [0.5, 0.6) is 0 Å². The fraction of sp³-hybridized carbons (Fsp3) is 0.107. The van der Waals surface area contributed by atoms with Gasteiger partial charge in [0, 0.05) is 28.7 Å². The van der Waals surface area contributed by atoms with Crippen LogP contribution in [-0.2, 0) is 26.6 Å². The lowest BCUT2D eigenvalue weighted by Gasteiger charge is -2.17. The minimum absolute atomic E-state index is 0.0264. The first-order valence-electron chi connectivity index (χ1n) is 12.3. The number of fused-ring (bicyclic) bond motifs is 1. The number of hydrogen-bond acceptors (Lipinski definition) is 9. The number of benzene rings is 3. The molecule has 2 heterocycles. The number of aryl methyl sites for hydroxylation is 1. The maximum atomic E-state index is 13.3. The van der Waals surface area contributed by atoms with Crippen molar-refractivity contribution in [2.75, 3.05) is 16.6 Å². The van der Waals surface area contributed by atoms with Crippen molar-refractivity contribution in [3.05, 3.63) is 98.9 Å². The molecule has 0 aliphatic carbocycles. The number of pyridine rings is 1. The predicted molar refractivity (Wildman–Crippen MR) is 160 cm³/mol. The van der Waals surface area contributed by atoms with E-state index in [-0.39, 0.29) is 21.4 Å². The van der Waals surface area contributed by atoms with Gasteiger partial charge in [0.1, 0.15) is 10.7 Å². The van der Waals surface area contributed by atoms with Gasteiger partial charge >= 0.3 is 5.97 Å². The standard InChI is InChI=1S/C28H22ClN5O6S2/c1-16-31-32-28(41-16)33-42(38,39)20-13-11-19(12-14-20)30-23(35)15-40-27(37)25-24(17-7-9-18(29)10-8-17)21-5-3-4-6-22(21)26(36)34(25)2/h3-14H,15H2,1-2H3,(H,30,35)(H,32,33). The zero-order valence-electron chi connectivity index (χ0n) is 22.1. The molecule has 2 aromatic heterocycles. The van der Waals surface area contributed by atoms with Crippen LogP contribution in [-0.4, -0.2) is 41.7 Å². The summed E-state index contributed by atoms with van der Waals surface area (Å²) in [6.45, 7) is 1.05. The Morgan fingerprint density at radius 1 is 0.976 bits per heavy atom. The molecule has 0 bridgehead atoms. The van der Waals surface area contributed by atoms with Crippen molar-refractivity contribution in [2.24, 2.45) is 7.05 Å². The van der Waals surface area contributed by atoms with E-state index in [9.17, 15) is 22.8 Å². The number of nitrogens with zero attached hydrogens (tertiary/aromatic N) is 3. The van der Waals surface area contributed by atoms with E-state index >= 15 is 0 Å². The van der Waals surface area contributed by atoms with Crippen LogP contribution in [0.4, 0.5) is 10.8 Å². The Morgan fingerprint density at radius 2 is 1.64 bits per heavy atom. The van der Waals surface area contributed by atoms with Crippen LogP contribution in [0.15, 0.2) is 82.5 Å². The summed E-state index contributed by atoms with van der Waals surface area (Å²) in [6, 6.07) is 19.1. The number of amides is 1. The highest BCUT2D eigenvalue weighted by Gasteiger charge is 2.24. The molecule has 0 atom stereocenters. The Balaban J connectivity index is 1.32. The van der Waals surface area contributed by atoms with Crippen molar-refractivity contribution in [1.82, 2.24) is 14.8 Å². The van der Waals surface area contributed by atoms with Crippen LogP contribution in [0.2, 0.25) is 5.02 Å². The largest absolute Gasteiger partial charge is 0.451 e. The monoisotopic (exact) mass is 623 g/mol. The number of carbonyl (C=O) groups excluding carboxylic acids is 2. The van der Waals surface area contributed by atoms with E-state index < -0.39 is 34.1 Å². The Bertz CT molecular complexity index is 1990. The van der Waals surface area contributed by atoms with E-state index in [0.29, 0.717) is 31.9 Å². The molecule has 5 rings (SSSR count). The Morgan fingerprint density at radius 3 is 2.29 bits per heavy atom. The number of sulfonamides is 1. The lowest BCUT2D eigenvalue weighted by atomic mass is 9.97. The SMILES string of the molecule is Cc1nnc(NS(=O)(=O)c2ccc(NC(=O)COC(=O)c3c(-c4ccc(Cl)cc4)c4ccccc4c(=O)n3C)cc2)s1. The van der Waals surface area contributed by atoms with Crippen LogP contribution in [0.3, 0.4) is 0 Å². The first kappa shape index (κ1) is 28.9. The van der Waals surface area contributed by atoms with Crippen LogP contribution < -0.4 is 15.6 Å². The molecule has 0 aliphatic rings. The summed E-state index contributed by atoms with van der Waals surface area (Å²) in [6.07, 6.45) is 0. The van der Waals surface area contributed by atoms with Crippen molar-refractivity contribution in [3.8, 4) is 11.1 Å². The van der Waals surface area contributed by atoms with Gasteiger partial charge in [0.25, 0.3) is 21.5 Å². The first-order valence-corrected chi connectivity index (χ1v) is 15.0. The van der Waals surface area contributed by atoms with Gasteiger partial charge in [-0.1, -0.05) is 53.3 Å². The Labute approximate surface area is 248 Å². The number of carbonyl (C=O) groups is 2. The van der Waals surface area contributed by atoms with Gasteiger partial charge in [-0.2, -0.15) is 0 Å². The summed E-state index contributed by atoms with van der Waals surface area (Å²) in [7, 11) is -2.45. The molecule has 0 spiro atoms. The highest BCUT2D eigenvalue weighted by atomic mass is 35.5. The number of nitrogens with one attached hydrogen (secondary N) is 2. The molecule has 0 radical (unpaired) electrons. The van der Waals surface area contributed by atoms with Crippen molar-refractivity contribution in [2.45, 2.75) is 11.8 Å². The van der Waals surface area contributed by atoms with Gasteiger partial charge in [0.2, 0.25) is 5.13 Å². The number of anilines is 2. The third-order valence-corrected chi connectivity index (χ3v) is 8.65. The van der Waals surface area contributed by atoms with Gasteiger partial charge in [-0.05, 0) is 60.3 Å². The van der Waals surface area contributed by atoms with Crippen molar-refractivity contribution in [3.63, 3.8) is 0 Å². The van der Waals surface area contributed by atoms with Crippen LogP contribution in [0.25, 0.3) is 21.9 Å². The van der Waals surface area contributed by atoms with Gasteiger partial charge in [0.05, 0.1) is 4.90 Å². The van der Waals surface area contributed by atoms with E-state index in [1.165, 1.54) is 35.9 Å². The molecule has 214 valence electrons. The predicted octanol–water partition coefficient (Wildman–Crippen LogP) is 4.62. The van der Waals surface area contributed by atoms with Gasteiger partial charge < -0.3 is 14.6 Å². The molecule has 42 heavy (non-hydrogen) atoms. The van der Waals surface area contributed by atoms with Crippen LogP contribution in [0, 0.1) is 6.92 Å². The average Bonchev–Trinajstić information content (AvgIpc) is 3.38. The Hall–Kier alpha value is -4.59. The fourth-order valence-corrected chi connectivity index (χ4v) is 6.19. The van der Waals surface area contributed by atoms with Gasteiger partial charge in [-0.25, -0.2) is 13.2 Å². The van der Waals surface area contributed by atoms with Crippen molar-refractivity contribution >= 4 is 66.4 Å². The number of halogens is 1. The summed E-state index contributed by atoms with van der Waals surface area (Å²) in [5.74, 6) is -1.54. The molecular weight excluding hydrogens is 602 g/mol. The third kappa shape index (κ3) is 6.03. The van der Waals surface area contributed by atoms with E-state index in [4.69, 9.17) is 16.3 Å². The lowest BCUT2D eigenvalue weighted by molar-refractivity contribution is -0.119. The molecule has 2 N–H and O–H groups in total.